The number of ether oxygens (including phenoxy) is 1. The summed E-state index contributed by atoms with van der Waals surface area (Å²) < 4.78 is 20.5. The maximum absolute atomic E-state index is 13.7. The van der Waals surface area contributed by atoms with Crippen LogP contribution in [0.1, 0.15) is 0 Å². The fourth-order valence-electron chi connectivity index (χ4n) is 2.95. The number of thiazole rings is 1. The van der Waals surface area contributed by atoms with Gasteiger partial charge in [-0.15, -0.1) is 11.3 Å². The quantitative estimate of drug-likeness (QED) is 0.289. The van der Waals surface area contributed by atoms with Gasteiger partial charge in [0.2, 0.25) is 5.91 Å². The summed E-state index contributed by atoms with van der Waals surface area (Å²) in [7, 11) is 1.54. The highest BCUT2D eigenvalue weighted by atomic mass is 32.2. The number of thioether (sulfide) groups is 1. The molecule has 0 spiro atoms. The van der Waals surface area contributed by atoms with Crippen LogP contribution in [0.3, 0.4) is 0 Å². The number of benzene rings is 3. The van der Waals surface area contributed by atoms with E-state index in [-0.39, 0.29) is 17.3 Å². The molecule has 3 N–H and O–H groups in total. The number of hydrogen-bond acceptors (Lipinski definition) is 6. The Morgan fingerprint density at radius 3 is 2.55 bits per heavy atom. The van der Waals surface area contributed by atoms with Crippen LogP contribution in [0.4, 0.5) is 26.2 Å². The van der Waals surface area contributed by atoms with Gasteiger partial charge >= 0.3 is 6.03 Å². The predicted molar refractivity (Wildman–Crippen MR) is 131 cm³/mol. The van der Waals surface area contributed by atoms with E-state index in [2.05, 4.69) is 20.9 Å². The Morgan fingerprint density at radius 2 is 1.76 bits per heavy atom. The highest BCUT2D eigenvalue weighted by Gasteiger charge is 2.12. The molecule has 0 aliphatic carbocycles. The second kappa shape index (κ2) is 10.3. The molecule has 3 aromatic carbocycles. The molecule has 4 aromatic rings. The van der Waals surface area contributed by atoms with E-state index in [0.29, 0.717) is 21.5 Å². The number of amides is 3. The lowest BCUT2D eigenvalue weighted by molar-refractivity contribution is -0.113. The summed E-state index contributed by atoms with van der Waals surface area (Å²) >= 11 is 2.67. The van der Waals surface area contributed by atoms with Crippen molar-refractivity contribution in [1.29, 1.82) is 0 Å². The third-order valence-corrected chi connectivity index (χ3v) is 6.62. The first kappa shape index (κ1) is 22.6. The molecule has 0 saturated carbocycles. The van der Waals surface area contributed by atoms with Crippen LogP contribution in [-0.4, -0.2) is 29.8 Å². The van der Waals surface area contributed by atoms with Crippen molar-refractivity contribution in [3.05, 3.63) is 72.5 Å². The number of methoxy groups -OCH3 is 1. The van der Waals surface area contributed by atoms with Gasteiger partial charge in [-0.25, -0.2) is 14.2 Å². The van der Waals surface area contributed by atoms with Gasteiger partial charge in [-0.1, -0.05) is 36.0 Å². The fourth-order valence-corrected chi connectivity index (χ4v) is 4.86. The molecule has 0 saturated heterocycles. The summed E-state index contributed by atoms with van der Waals surface area (Å²) in [5, 5.41) is 8.10. The summed E-state index contributed by atoms with van der Waals surface area (Å²) in [6.45, 7) is 0. The number of rotatable bonds is 7. The zero-order chi connectivity index (χ0) is 23.2. The minimum absolute atomic E-state index is 0.0978. The molecule has 1 heterocycles. The van der Waals surface area contributed by atoms with E-state index in [1.165, 1.54) is 42.3 Å². The number of anilines is 3. The minimum Gasteiger partial charge on any atom is -0.495 e. The average molecular weight is 483 g/mol. The molecule has 33 heavy (non-hydrogen) atoms. The van der Waals surface area contributed by atoms with Crippen molar-refractivity contribution < 1.29 is 18.7 Å². The number of urea groups is 1. The first-order valence-electron chi connectivity index (χ1n) is 9.80. The van der Waals surface area contributed by atoms with Crippen LogP contribution in [0.25, 0.3) is 10.2 Å². The number of halogens is 1. The first-order valence-corrected chi connectivity index (χ1v) is 11.6. The third kappa shape index (κ3) is 5.79. The number of nitrogens with zero attached hydrogens (tertiary/aromatic N) is 1. The lowest BCUT2D eigenvalue weighted by Gasteiger charge is -2.10. The first-order chi connectivity index (χ1) is 16.0. The van der Waals surface area contributed by atoms with Crippen molar-refractivity contribution in [2.24, 2.45) is 0 Å². The molecule has 0 atom stereocenters. The molecule has 0 radical (unpaired) electrons. The Morgan fingerprint density at radius 1 is 1.00 bits per heavy atom. The summed E-state index contributed by atoms with van der Waals surface area (Å²) in [4.78, 5) is 29.0. The van der Waals surface area contributed by atoms with Crippen LogP contribution in [0.5, 0.6) is 5.75 Å². The third-order valence-electron chi connectivity index (χ3n) is 4.46. The van der Waals surface area contributed by atoms with E-state index in [4.69, 9.17) is 4.74 Å². The maximum atomic E-state index is 13.7. The Hall–Kier alpha value is -3.63. The van der Waals surface area contributed by atoms with Crippen LogP contribution < -0.4 is 20.7 Å². The number of carbonyl (C=O) groups excluding carboxylic acids is 2. The Labute approximate surface area is 197 Å². The van der Waals surface area contributed by atoms with Gasteiger partial charge in [-0.3, -0.25) is 4.79 Å². The van der Waals surface area contributed by atoms with Gasteiger partial charge in [-0.2, -0.15) is 0 Å². The van der Waals surface area contributed by atoms with Crippen LogP contribution in [-0.2, 0) is 4.79 Å². The normalized spacial score (nSPS) is 10.6. The lowest BCUT2D eigenvalue weighted by atomic mass is 10.3. The van der Waals surface area contributed by atoms with Crippen LogP contribution in [0, 0.1) is 5.82 Å². The standard InChI is InChI=1S/C23H19FN4O3S2/c1-31-19-9-5-4-8-17(19)27-22(30)25-14-10-11-18-20(12-14)33-23(28-18)32-13-21(29)26-16-7-3-2-6-15(16)24/h2-12H,13H2,1H3,(H,26,29)(H2,25,27,30). The summed E-state index contributed by atoms with van der Waals surface area (Å²) in [5.41, 5.74) is 2.07. The molecule has 0 aliphatic heterocycles. The maximum Gasteiger partial charge on any atom is 0.323 e. The fraction of sp³-hybridized carbons (Fsp3) is 0.0870. The molecular weight excluding hydrogens is 463 g/mol. The predicted octanol–water partition coefficient (Wildman–Crippen LogP) is 5.82. The number of carbonyl (C=O) groups is 2. The topological polar surface area (TPSA) is 92.3 Å². The van der Waals surface area contributed by atoms with Gasteiger partial charge in [0.1, 0.15) is 11.6 Å². The second-order valence-electron chi connectivity index (χ2n) is 6.76. The van der Waals surface area contributed by atoms with Gasteiger partial charge in [0.15, 0.2) is 4.34 Å². The van der Waals surface area contributed by atoms with Crippen molar-refractivity contribution in [2.45, 2.75) is 4.34 Å². The van der Waals surface area contributed by atoms with Crippen molar-refractivity contribution in [2.75, 3.05) is 28.8 Å². The molecule has 7 nitrogen and oxygen atoms in total. The molecule has 0 fully saturated rings. The molecule has 1 aromatic heterocycles. The van der Waals surface area contributed by atoms with Crippen molar-refractivity contribution >= 4 is 62.3 Å². The largest absolute Gasteiger partial charge is 0.495 e. The Balaban J connectivity index is 1.36. The molecule has 10 heteroatoms. The highest BCUT2D eigenvalue weighted by molar-refractivity contribution is 8.01. The number of hydrogen-bond donors (Lipinski definition) is 3. The lowest BCUT2D eigenvalue weighted by Crippen LogP contribution is -2.19. The zero-order valence-electron chi connectivity index (χ0n) is 17.4. The average Bonchev–Trinajstić information content (AvgIpc) is 3.22. The minimum atomic E-state index is -0.481. The van der Waals surface area contributed by atoms with E-state index in [1.807, 2.05) is 12.1 Å². The molecule has 168 valence electrons. The van der Waals surface area contributed by atoms with Crippen molar-refractivity contribution in [3.63, 3.8) is 0 Å². The Kier molecular flexibility index (Phi) is 7.06. The van der Waals surface area contributed by atoms with Gasteiger partial charge in [-0.05, 0) is 42.5 Å². The van der Waals surface area contributed by atoms with Crippen LogP contribution in [0.15, 0.2) is 71.1 Å². The van der Waals surface area contributed by atoms with Crippen LogP contribution >= 0.6 is 23.1 Å². The molecule has 0 aliphatic rings. The second-order valence-corrected chi connectivity index (χ2v) is 9.01. The monoisotopic (exact) mass is 482 g/mol. The van der Waals surface area contributed by atoms with Gasteiger partial charge in [0.05, 0.1) is 34.5 Å². The van der Waals surface area contributed by atoms with Crippen molar-refractivity contribution in [3.8, 4) is 5.75 Å². The number of para-hydroxylation sites is 3. The SMILES string of the molecule is COc1ccccc1NC(=O)Nc1ccc2nc(SCC(=O)Nc3ccccc3F)sc2c1. The van der Waals surface area contributed by atoms with Gasteiger partial charge in [0, 0.05) is 5.69 Å². The smallest absolute Gasteiger partial charge is 0.323 e. The van der Waals surface area contributed by atoms with E-state index in [0.717, 1.165) is 10.2 Å². The highest BCUT2D eigenvalue weighted by Crippen LogP contribution is 2.31. The van der Waals surface area contributed by atoms with Crippen LogP contribution in [0.2, 0.25) is 0 Å². The number of aromatic nitrogens is 1. The molecule has 0 unspecified atom stereocenters. The van der Waals surface area contributed by atoms with Gasteiger partial charge in [0.25, 0.3) is 0 Å². The van der Waals surface area contributed by atoms with Gasteiger partial charge < -0.3 is 20.7 Å². The summed E-state index contributed by atoms with van der Waals surface area (Å²) in [6, 6.07) is 18.1. The van der Waals surface area contributed by atoms with E-state index >= 15 is 0 Å². The van der Waals surface area contributed by atoms with E-state index in [9.17, 15) is 14.0 Å². The van der Waals surface area contributed by atoms with Crippen molar-refractivity contribution in [1.82, 2.24) is 4.98 Å². The molecule has 0 bridgehead atoms. The number of fused-ring (bicyclic) bond motifs is 1. The van der Waals surface area contributed by atoms with E-state index < -0.39 is 11.8 Å². The molecular formula is C23H19FN4O3S2. The number of nitrogens with one attached hydrogen (secondary N) is 3. The summed E-state index contributed by atoms with van der Waals surface area (Å²) in [5.74, 6) is -0.141. The molecule has 4 rings (SSSR count). The Bertz CT molecular complexity index is 1310. The summed E-state index contributed by atoms with van der Waals surface area (Å²) in [6.07, 6.45) is 0. The molecule has 3 amide bonds. The van der Waals surface area contributed by atoms with E-state index in [1.54, 1.807) is 42.5 Å². The zero-order valence-corrected chi connectivity index (χ0v) is 19.1.